The fourth-order valence-corrected chi connectivity index (χ4v) is 3.25. The summed E-state index contributed by atoms with van der Waals surface area (Å²) in [6.07, 6.45) is 1.33. The largest absolute Gasteiger partial charge is 0.360 e. The number of aromatic amines is 1. The molecule has 0 bridgehead atoms. The van der Waals surface area contributed by atoms with Gasteiger partial charge in [-0.25, -0.2) is 0 Å². The molecule has 0 aliphatic carbocycles. The number of likely N-dealkylation sites (N-methyl/N-ethyl adjacent to an activating group) is 1. The number of H-pyrrole nitrogens is 1. The lowest BCUT2D eigenvalue weighted by Crippen LogP contribution is -2.54. The molecule has 0 spiro atoms. The molecule has 2 heterocycles. The molecule has 0 atom stereocenters. The van der Waals surface area contributed by atoms with Gasteiger partial charge in [-0.3, -0.25) is 24.1 Å². The molecule has 8 heteroatoms. The molecule has 2 aromatic rings. The number of piperazine rings is 1. The smallest absolute Gasteiger partial charge is 0.260 e. The van der Waals surface area contributed by atoms with Gasteiger partial charge in [-0.05, 0) is 24.6 Å². The number of benzene rings is 1. The van der Waals surface area contributed by atoms with E-state index < -0.39 is 23.2 Å². The molecule has 1 aliphatic rings. The lowest BCUT2D eigenvalue weighted by atomic mass is 10.1. The van der Waals surface area contributed by atoms with Gasteiger partial charge >= 0.3 is 0 Å². The van der Waals surface area contributed by atoms with Crippen LogP contribution in [0.5, 0.6) is 0 Å². The number of pyridine rings is 1. The first-order valence-corrected chi connectivity index (χ1v) is 7.99. The van der Waals surface area contributed by atoms with E-state index in [1.807, 2.05) is 13.0 Å². The summed E-state index contributed by atoms with van der Waals surface area (Å²) in [5.41, 5.74) is 0.979. The molecule has 7 nitrogen and oxygen atoms in total. The van der Waals surface area contributed by atoms with Gasteiger partial charge in [-0.15, -0.1) is 0 Å². The van der Waals surface area contributed by atoms with E-state index in [0.29, 0.717) is 10.9 Å². The van der Waals surface area contributed by atoms with Crippen molar-refractivity contribution in [2.75, 3.05) is 20.1 Å². The first kappa shape index (κ1) is 16.4. The number of carbonyl (C=O) groups excluding carboxylic acids is 3. The Morgan fingerprint density at radius 3 is 2.42 bits per heavy atom. The Balaban J connectivity index is 2.05. The number of nitrogens with one attached hydrogen (secondary N) is 1. The zero-order valence-electron chi connectivity index (χ0n) is 13.1. The molecule has 0 saturated carbocycles. The van der Waals surface area contributed by atoms with Gasteiger partial charge < -0.3 is 9.88 Å². The highest BCUT2D eigenvalue weighted by Crippen LogP contribution is 2.20. The van der Waals surface area contributed by atoms with Crippen LogP contribution >= 0.6 is 15.9 Å². The number of halogens is 1. The van der Waals surface area contributed by atoms with E-state index in [1.54, 1.807) is 6.07 Å². The van der Waals surface area contributed by atoms with E-state index in [-0.39, 0.29) is 18.7 Å². The third-order valence-corrected chi connectivity index (χ3v) is 4.53. The molecule has 1 saturated heterocycles. The fraction of sp³-hybridized carbons (Fsp3) is 0.250. The van der Waals surface area contributed by atoms with E-state index in [4.69, 9.17) is 0 Å². The van der Waals surface area contributed by atoms with E-state index in [9.17, 15) is 19.2 Å². The van der Waals surface area contributed by atoms with Crippen molar-refractivity contribution < 1.29 is 14.4 Å². The lowest BCUT2D eigenvalue weighted by molar-refractivity contribution is -0.148. The molecule has 1 fully saturated rings. The molecule has 0 unspecified atom stereocenters. The van der Waals surface area contributed by atoms with Gasteiger partial charge in [-0.1, -0.05) is 15.9 Å². The van der Waals surface area contributed by atoms with E-state index >= 15 is 0 Å². The van der Waals surface area contributed by atoms with Gasteiger partial charge in [0.1, 0.15) is 18.7 Å². The van der Waals surface area contributed by atoms with E-state index in [2.05, 4.69) is 20.9 Å². The average Bonchev–Trinajstić information content (AvgIpc) is 2.52. The van der Waals surface area contributed by atoms with Crippen LogP contribution in [0.4, 0.5) is 0 Å². The van der Waals surface area contributed by atoms with Crippen LogP contribution < -0.4 is 5.43 Å². The average molecular weight is 392 g/mol. The van der Waals surface area contributed by atoms with Crippen LogP contribution in [0.2, 0.25) is 0 Å². The minimum absolute atomic E-state index is 0.0925. The van der Waals surface area contributed by atoms with Crippen LogP contribution in [0.1, 0.15) is 15.9 Å². The van der Waals surface area contributed by atoms with Gasteiger partial charge in [0.25, 0.3) is 5.91 Å². The molecule has 1 aromatic heterocycles. The summed E-state index contributed by atoms with van der Waals surface area (Å²) in [5.74, 6) is -1.59. The number of fused-ring (bicyclic) bond motifs is 1. The SMILES string of the molecule is Cc1cc(Br)cc2c(=O)c(C(=O)N3CC(=O)N(C)C(=O)C3)c[nH]c12. The first-order valence-electron chi connectivity index (χ1n) is 7.20. The Morgan fingerprint density at radius 1 is 1.17 bits per heavy atom. The number of nitrogens with zero attached hydrogens (tertiary/aromatic N) is 2. The van der Waals surface area contributed by atoms with Crippen molar-refractivity contribution in [3.63, 3.8) is 0 Å². The molecular weight excluding hydrogens is 378 g/mol. The van der Waals surface area contributed by atoms with Crippen LogP contribution in [0.3, 0.4) is 0 Å². The third-order valence-electron chi connectivity index (χ3n) is 4.07. The van der Waals surface area contributed by atoms with E-state index in [0.717, 1.165) is 19.8 Å². The molecule has 3 rings (SSSR count). The maximum absolute atomic E-state index is 12.7. The second kappa shape index (κ2) is 5.86. The molecule has 1 aliphatic heterocycles. The Morgan fingerprint density at radius 2 is 1.79 bits per heavy atom. The number of aromatic nitrogens is 1. The van der Waals surface area contributed by atoms with Crippen molar-refractivity contribution >= 4 is 44.6 Å². The minimum Gasteiger partial charge on any atom is -0.360 e. The second-order valence-corrected chi connectivity index (χ2v) is 6.60. The summed E-state index contributed by atoms with van der Waals surface area (Å²) in [6, 6.07) is 3.50. The fourth-order valence-electron chi connectivity index (χ4n) is 2.68. The molecular formula is C16H14BrN3O4. The number of hydrogen-bond acceptors (Lipinski definition) is 4. The molecule has 1 N–H and O–H groups in total. The highest BCUT2D eigenvalue weighted by molar-refractivity contribution is 9.10. The molecule has 0 radical (unpaired) electrons. The van der Waals surface area contributed by atoms with Gasteiger partial charge in [0.2, 0.25) is 17.2 Å². The monoisotopic (exact) mass is 391 g/mol. The van der Waals surface area contributed by atoms with Crippen molar-refractivity contribution in [3.8, 4) is 0 Å². The van der Waals surface area contributed by atoms with Gasteiger partial charge in [0.05, 0.1) is 5.52 Å². The zero-order chi connectivity index (χ0) is 17.6. The van der Waals surface area contributed by atoms with Crippen LogP contribution in [-0.2, 0) is 9.59 Å². The third kappa shape index (κ3) is 2.62. The lowest BCUT2D eigenvalue weighted by Gasteiger charge is -2.30. The number of hydrogen-bond donors (Lipinski definition) is 1. The summed E-state index contributed by atoms with van der Waals surface area (Å²) in [6.45, 7) is 1.40. The van der Waals surface area contributed by atoms with Gasteiger partial charge in [-0.2, -0.15) is 0 Å². The number of amides is 3. The maximum atomic E-state index is 12.7. The van der Waals surface area contributed by atoms with Gasteiger partial charge in [0, 0.05) is 23.1 Å². The minimum atomic E-state index is -0.634. The number of aryl methyl sites for hydroxylation is 1. The predicted molar refractivity (Wildman–Crippen MR) is 90.7 cm³/mol. The highest BCUT2D eigenvalue weighted by Gasteiger charge is 2.32. The first-order chi connectivity index (χ1) is 11.3. The summed E-state index contributed by atoms with van der Waals surface area (Å²) in [4.78, 5) is 53.8. The van der Waals surface area contributed by atoms with Crippen molar-refractivity contribution in [2.24, 2.45) is 0 Å². The van der Waals surface area contributed by atoms with Crippen molar-refractivity contribution in [2.45, 2.75) is 6.92 Å². The Kier molecular flexibility index (Phi) is 4.00. The Labute approximate surface area is 145 Å². The number of imide groups is 1. The zero-order valence-corrected chi connectivity index (χ0v) is 14.6. The quantitative estimate of drug-likeness (QED) is 0.735. The van der Waals surface area contributed by atoms with Crippen molar-refractivity contribution in [1.82, 2.24) is 14.8 Å². The number of rotatable bonds is 1. The summed E-state index contributed by atoms with van der Waals surface area (Å²) >= 11 is 3.33. The van der Waals surface area contributed by atoms with Crippen LogP contribution in [0, 0.1) is 6.92 Å². The number of carbonyl (C=O) groups is 3. The van der Waals surface area contributed by atoms with E-state index in [1.165, 1.54) is 13.2 Å². The molecule has 1 aromatic carbocycles. The molecule has 24 heavy (non-hydrogen) atoms. The molecule has 124 valence electrons. The summed E-state index contributed by atoms with van der Waals surface area (Å²) in [5, 5.41) is 0.375. The molecule has 3 amide bonds. The van der Waals surface area contributed by atoms with Crippen LogP contribution in [0.25, 0.3) is 10.9 Å². The second-order valence-electron chi connectivity index (χ2n) is 5.68. The Bertz CT molecular complexity index is 932. The summed E-state index contributed by atoms with van der Waals surface area (Å²) < 4.78 is 0.729. The van der Waals surface area contributed by atoms with Crippen molar-refractivity contribution in [3.05, 3.63) is 44.2 Å². The topological polar surface area (TPSA) is 90.6 Å². The standard InChI is InChI=1S/C16H14BrN3O4/c1-8-3-9(17)4-10-14(8)18-5-11(15(10)23)16(24)20-6-12(21)19(2)13(22)7-20/h3-5H,6-7H2,1-2H3,(H,18,23). The van der Waals surface area contributed by atoms with Crippen LogP contribution in [0.15, 0.2) is 27.6 Å². The van der Waals surface area contributed by atoms with Gasteiger partial charge in [0.15, 0.2) is 0 Å². The maximum Gasteiger partial charge on any atom is 0.260 e. The van der Waals surface area contributed by atoms with Crippen LogP contribution in [-0.4, -0.2) is 52.6 Å². The van der Waals surface area contributed by atoms with Crippen molar-refractivity contribution in [1.29, 1.82) is 0 Å². The highest BCUT2D eigenvalue weighted by atomic mass is 79.9. The predicted octanol–water partition coefficient (Wildman–Crippen LogP) is 1.04. The normalized spacial score (nSPS) is 15.3. The Hall–Kier alpha value is -2.48. The summed E-state index contributed by atoms with van der Waals surface area (Å²) in [7, 11) is 1.37.